The Balaban J connectivity index is 2.45. The van der Waals surface area contributed by atoms with E-state index in [1.54, 1.807) is 23.5 Å². The summed E-state index contributed by atoms with van der Waals surface area (Å²) in [5, 5.41) is 0.991. The molecule has 0 radical (unpaired) electrons. The van der Waals surface area contributed by atoms with Gasteiger partial charge < -0.3 is 4.55 Å². The number of aromatic nitrogens is 1. The standard InChI is InChI=1S/C8H7NO2S3/c1-5-9-7-4-6(13-14(10)11)2-3-8(7)12-5/h2-4H,1H3,(H,10,11)/p-1. The van der Waals surface area contributed by atoms with Crippen LogP contribution in [0.1, 0.15) is 5.01 Å². The Morgan fingerprint density at radius 3 is 3.07 bits per heavy atom. The van der Waals surface area contributed by atoms with Gasteiger partial charge in [-0.2, -0.15) is 0 Å². The Morgan fingerprint density at radius 1 is 1.57 bits per heavy atom. The van der Waals surface area contributed by atoms with Gasteiger partial charge in [-0.15, -0.1) is 11.3 Å². The topological polar surface area (TPSA) is 53.0 Å². The first-order valence-corrected chi connectivity index (χ1v) is 7.02. The molecule has 1 aromatic carbocycles. The molecule has 0 aliphatic heterocycles. The molecular weight excluding hydrogens is 238 g/mol. The fourth-order valence-corrected chi connectivity index (χ4v) is 3.18. The summed E-state index contributed by atoms with van der Waals surface area (Å²) in [6, 6.07) is 5.48. The molecule has 0 fully saturated rings. The van der Waals surface area contributed by atoms with Gasteiger partial charge >= 0.3 is 0 Å². The highest BCUT2D eigenvalue weighted by atomic mass is 33.1. The zero-order valence-corrected chi connectivity index (χ0v) is 9.67. The molecule has 1 unspecified atom stereocenters. The summed E-state index contributed by atoms with van der Waals surface area (Å²) < 4.78 is 22.0. The lowest BCUT2D eigenvalue weighted by Crippen LogP contribution is -1.78. The van der Waals surface area contributed by atoms with Crippen molar-refractivity contribution in [3.63, 3.8) is 0 Å². The second kappa shape index (κ2) is 3.98. The van der Waals surface area contributed by atoms with Crippen molar-refractivity contribution in [1.29, 1.82) is 0 Å². The van der Waals surface area contributed by atoms with Crippen LogP contribution in [-0.2, 0) is 10.1 Å². The van der Waals surface area contributed by atoms with Crippen LogP contribution in [0.4, 0.5) is 0 Å². The van der Waals surface area contributed by atoms with Crippen molar-refractivity contribution >= 4 is 42.5 Å². The molecule has 2 rings (SSSR count). The normalized spacial score (nSPS) is 13.3. The van der Waals surface area contributed by atoms with E-state index in [1.165, 1.54) is 0 Å². The number of rotatable bonds is 2. The number of hydrogen-bond donors (Lipinski definition) is 0. The van der Waals surface area contributed by atoms with E-state index in [0.717, 1.165) is 26.0 Å². The number of hydrogen-bond acceptors (Lipinski definition) is 5. The second-order valence-electron chi connectivity index (χ2n) is 2.65. The predicted molar refractivity (Wildman–Crippen MR) is 59.1 cm³/mol. The third-order valence-electron chi connectivity index (χ3n) is 1.63. The number of benzene rings is 1. The van der Waals surface area contributed by atoms with Gasteiger partial charge in [0.1, 0.15) is 0 Å². The monoisotopic (exact) mass is 244 g/mol. The van der Waals surface area contributed by atoms with Crippen molar-refractivity contribution in [2.45, 2.75) is 11.8 Å². The van der Waals surface area contributed by atoms with Crippen molar-refractivity contribution in [2.24, 2.45) is 0 Å². The Labute approximate surface area is 91.2 Å². The van der Waals surface area contributed by atoms with Gasteiger partial charge in [-0.25, -0.2) is 4.98 Å². The van der Waals surface area contributed by atoms with Crippen LogP contribution in [-0.4, -0.2) is 13.7 Å². The molecule has 0 saturated carbocycles. The van der Waals surface area contributed by atoms with Gasteiger partial charge in [0.05, 0.1) is 15.2 Å². The maximum atomic E-state index is 10.5. The zero-order valence-electron chi connectivity index (χ0n) is 7.22. The highest BCUT2D eigenvalue weighted by molar-refractivity contribution is 8.67. The first-order chi connectivity index (χ1) is 6.65. The van der Waals surface area contributed by atoms with Crippen LogP contribution in [0.5, 0.6) is 0 Å². The van der Waals surface area contributed by atoms with Crippen molar-refractivity contribution in [3.8, 4) is 0 Å². The van der Waals surface area contributed by atoms with E-state index in [1.807, 2.05) is 13.0 Å². The molecule has 0 saturated heterocycles. The van der Waals surface area contributed by atoms with Gasteiger partial charge in [0.2, 0.25) is 0 Å². The Bertz CT molecular complexity index is 494. The molecule has 6 heteroatoms. The maximum absolute atomic E-state index is 10.5. The van der Waals surface area contributed by atoms with Gasteiger partial charge in [-0.05, 0) is 35.9 Å². The Morgan fingerprint density at radius 2 is 2.36 bits per heavy atom. The fraction of sp³-hybridized carbons (Fsp3) is 0.125. The molecule has 0 spiro atoms. The number of thiazole rings is 1. The predicted octanol–water partition coefficient (Wildman–Crippen LogP) is 2.49. The van der Waals surface area contributed by atoms with Crippen LogP contribution >= 0.6 is 22.1 Å². The van der Waals surface area contributed by atoms with Gasteiger partial charge in [0.15, 0.2) is 0 Å². The van der Waals surface area contributed by atoms with E-state index >= 15 is 0 Å². The quantitative estimate of drug-likeness (QED) is 0.601. The lowest BCUT2D eigenvalue weighted by Gasteiger charge is -2.02. The molecule has 0 aliphatic carbocycles. The van der Waals surface area contributed by atoms with Crippen LogP contribution in [0.25, 0.3) is 10.2 Å². The number of fused-ring (bicyclic) bond motifs is 1. The largest absolute Gasteiger partial charge is 0.763 e. The lowest BCUT2D eigenvalue weighted by molar-refractivity contribution is 0.553. The van der Waals surface area contributed by atoms with Gasteiger partial charge in [-0.1, -0.05) is 0 Å². The van der Waals surface area contributed by atoms with E-state index in [4.69, 9.17) is 0 Å². The lowest BCUT2D eigenvalue weighted by atomic mass is 10.3. The van der Waals surface area contributed by atoms with Crippen molar-refractivity contribution in [2.75, 3.05) is 0 Å². The molecule has 1 atom stereocenters. The van der Waals surface area contributed by atoms with E-state index in [0.29, 0.717) is 4.90 Å². The van der Waals surface area contributed by atoms with Gasteiger partial charge in [0, 0.05) is 15.0 Å². The summed E-state index contributed by atoms with van der Waals surface area (Å²) in [5.74, 6) is 0. The maximum Gasteiger partial charge on any atom is 0.0907 e. The van der Waals surface area contributed by atoms with E-state index in [9.17, 15) is 8.76 Å². The third kappa shape index (κ3) is 2.14. The Kier molecular flexibility index (Phi) is 2.87. The Hall–Kier alpha value is -0.430. The summed E-state index contributed by atoms with van der Waals surface area (Å²) in [7, 11) is -1.31. The summed E-state index contributed by atoms with van der Waals surface area (Å²) in [4.78, 5) is 4.99. The molecule has 0 aliphatic rings. The first-order valence-electron chi connectivity index (χ1n) is 3.80. The highest BCUT2D eigenvalue weighted by Gasteiger charge is 2.01. The average Bonchev–Trinajstić information content (AvgIpc) is 2.42. The van der Waals surface area contributed by atoms with Crippen molar-refractivity contribution in [3.05, 3.63) is 23.2 Å². The highest BCUT2D eigenvalue weighted by Crippen LogP contribution is 2.27. The van der Waals surface area contributed by atoms with Crippen LogP contribution < -0.4 is 0 Å². The molecule has 0 bridgehead atoms. The summed E-state index contributed by atoms with van der Waals surface area (Å²) in [6.07, 6.45) is 0. The molecule has 1 aromatic heterocycles. The molecule has 14 heavy (non-hydrogen) atoms. The average molecular weight is 244 g/mol. The van der Waals surface area contributed by atoms with E-state index in [-0.39, 0.29) is 0 Å². The van der Waals surface area contributed by atoms with E-state index < -0.39 is 10.1 Å². The van der Waals surface area contributed by atoms with Crippen molar-refractivity contribution in [1.82, 2.24) is 4.98 Å². The summed E-state index contributed by atoms with van der Waals surface area (Å²) in [6.45, 7) is 1.93. The minimum absolute atomic E-state index is 0.705. The van der Waals surface area contributed by atoms with Gasteiger partial charge in [0.25, 0.3) is 0 Å². The summed E-state index contributed by atoms with van der Waals surface area (Å²) >= 11 is 1.61. The van der Waals surface area contributed by atoms with Crippen LogP contribution in [0, 0.1) is 6.92 Å². The summed E-state index contributed by atoms with van der Waals surface area (Å²) in [5.41, 5.74) is 0.864. The SMILES string of the molecule is Cc1nc2cc(SS(=O)[O-])ccc2s1. The second-order valence-corrected chi connectivity index (χ2v) is 6.25. The van der Waals surface area contributed by atoms with Gasteiger partial charge in [-0.3, -0.25) is 4.21 Å². The zero-order chi connectivity index (χ0) is 10.1. The molecule has 74 valence electrons. The minimum Gasteiger partial charge on any atom is -0.763 e. The molecule has 0 N–H and O–H groups in total. The van der Waals surface area contributed by atoms with Crippen LogP contribution in [0.3, 0.4) is 0 Å². The van der Waals surface area contributed by atoms with E-state index in [2.05, 4.69) is 4.98 Å². The van der Waals surface area contributed by atoms with Crippen LogP contribution in [0.2, 0.25) is 0 Å². The molecule has 3 nitrogen and oxygen atoms in total. The van der Waals surface area contributed by atoms with Crippen LogP contribution in [0.15, 0.2) is 23.1 Å². The molecule has 0 amide bonds. The molecular formula is C8H6NO2S3-. The smallest absolute Gasteiger partial charge is 0.0907 e. The number of aryl methyl sites for hydroxylation is 1. The number of nitrogens with zero attached hydrogens (tertiary/aromatic N) is 1. The fourth-order valence-electron chi connectivity index (χ4n) is 1.15. The minimum atomic E-state index is -2.11. The third-order valence-corrected chi connectivity index (χ3v) is 4.15. The molecule has 2 aromatic rings. The molecule has 1 heterocycles. The van der Waals surface area contributed by atoms with Crippen molar-refractivity contribution < 1.29 is 8.76 Å². The first kappa shape index (κ1) is 10.1.